The van der Waals surface area contributed by atoms with Gasteiger partial charge >= 0.3 is 11.9 Å². The minimum Gasteiger partial charge on any atom is -0.480 e. The van der Waals surface area contributed by atoms with Gasteiger partial charge in [-0.1, -0.05) is 20.4 Å². The first kappa shape index (κ1) is 18.2. The Morgan fingerprint density at radius 3 is 2.59 bits per heavy atom. The van der Waals surface area contributed by atoms with Crippen LogP contribution in [0.1, 0.15) is 33.1 Å². The van der Waals surface area contributed by atoms with Crippen LogP contribution in [0.4, 0.5) is 0 Å². The monoisotopic (exact) mass is 313 g/mol. The summed E-state index contributed by atoms with van der Waals surface area (Å²) >= 11 is 0. The highest BCUT2D eigenvalue weighted by molar-refractivity contribution is 5.87. The smallest absolute Gasteiger partial charge is 0.330 e. The molecule has 2 N–H and O–H groups in total. The van der Waals surface area contributed by atoms with Crippen LogP contribution in [0.5, 0.6) is 0 Å². The molecule has 2 atom stereocenters. The van der Waals surface area contributed by atoms with Gasteiger partial charge in [0.2, 0.25) is 0 Å². The molecule has 0 bridgehead atoms. The summed E-state index contributed by atoms with van der Waals surface area (Å²) in [4.78, 5) is 36.0. The van der Waals surface area contributed by atoms with E-state index in [0.717, 1.165) is 12.5 Å². The topological polar surface area (TPSA) is 104 Å². The zero-order chi connectivity index (χ0) is 16.9. The summed E-state index contributed by atoms with van der Waals surface area (Å²) in [5.74, 6) is -2.36. The van der Waals surface area contributed by atoms with Crippen LogP contribution >= 0.6 is 0 Å². The van der Waals surface area contributed by atoms with Crippen molar-refractivity contribution in [2.75, 3.05) is 13.2 Å². The van der Waals surface area contributed by atoms with Crippen LogP contribution in [0.3, 0.4) is 0 Å². The van der Waals surface area contributed by atoms with Crippen molar-refractivity contribution in [3.8, 4) is 0 Å². The molecule has 1 rings (SSSR count). The Bertz CT molecular complexity index is 459. The summed E-state index contributed by atoms with van der Waals surface area (Å²) in [6.45, 7) is 6.55. The summed E-state index contributed by atoms with van der Waals surface area (Å²) in [5.41, 5.74) is -1.03. The van der Waals surface area contributed by atoms with Crippen molar-refractivity contribution in [3.63, 3.8) is 0 Å². The molecule has 1 aliphatic heterocycles. The van der Waals surface area contributed by atoms with Crippen LogP contribution in [-0.4, -0.2) is 58.3 Å². The van der Waals surface area contributed by atoms with Crippen molar-refractivity contribution in [2.45, 2.75) is 45.3 Å². The standard InChI is InChI=1S/C15H23NO6/c1-4-11(17)22-9-15(2,3)12(18)13(19)16-8-6-5-7-10(16)14(20)21/h4,10,12,18H,1,5-9H2,2-3H3,(H,20,21)/t10-,12?/m0/s1. The normalized spacial score (nSPS) is 20.1. The average molecular weight is 313 g/mol. The lowest BCUT2D eigenvalue weighted by Crippen LogP contribution is -2.55. The average Bonchev–Trinajstić information content (AvgIpc) is 2.51. The number of rotatable bonds is 6. The van der Waals surface area contributed by atoms with Crippen molar-refractivity contribution >= 4 is 17.8 Å². The number of hydrogen-bond acceptors (Lipinski definition) is 5. The fourth-order valence-electron chi connectivity index (χ4n) is 2.34. The van der Waals surface area contributed by atoms with Gasteiger partial charge < -0.3 is 19.8 Å². The largest absolute Gasteiger partial charge is 0.480 e. The maximum atomic E-state index is 12.4. The molecule has 0 aromatic heterocycles. The number of nitrogens with zero attached hydrogens (tertiary/aromatic N) is 1. The van der Waals surface area contributed by atoms with E-state index in [4.69, 9.17) is 4.74 Å². The zero-order valence-electron chi connectivity index (χ0n) is 12.9. The molecule has 124 valence electrons. The maximum absolute atomic E-state index is 12.4. The van der Waals surface area contributed by atoms with Gasteiger partial charge in [-0.2, -0.15) is 0 Å². The van der Waals surface area contributed by atoms with E-state index in [1.165, 1.54) is 4.90 Å². The van der Waals surface area contributed by atoms with E-state index in [0.29, 0.717) is 19.4 Å². The number of hydrogen-bond donors (Lipinski definition) is 2. The number of carbonyl (C=O) groups excluding carboxylic acids is 2. The third-order valence-electron chi connectivity index (χ3n) is 3.80. The fraction of sp³-hybridized carbons (Fsp3) is 0.667. The number of piperidine rings is 1. The number of carboxylic acids is 1. The summed E-state index contributed by atoms with van der Waals surface area (Å²) in [5, 5.41) is 19.5. The minimum atomic E-state index is -1.45. The van der Waals surface area contributed by atoms with Gasteiger partial charge in [-0.25, -0.2) is 9.59 Å². The maximum Gasteiger partial charge on any atom is 0.330 e. The Morgan fingerprint density at radius 2 is 2.05 bits per heavy atom. The molecule has 1 aliphatic rings. The van der Waals surface area contributed by atoms with E-state index in [1.54, 1.807) is 13.8 Å². The number of carboxylic acid groups (broad SMARTS) is 1. The number of aliphatic hydroxyl groups excluding tert-OH is 1. The predicted molar refractivity (Wildman–Crippen MR) is 77.9 cm³/mol. The second-order valence-electron chi connectivity index (χ2n) is 6.08. The fourth-order valence-corrected chi connectivity index (χ4v) is 2.34. The molecule has 7 heteroatoms. The molecular weight excluding hydrogens is 290 g/mol. The number of ether oxygens (including phenoxy) is 1. The Hall–Kier alpha value is -1.89. The molecule has 1 heterocycles. The van der Waals surface area contributed by atoms with Crippen molar-refractivity contribution in [1.29, 1.82) is 0 Å². The van der Waals surface area contributed by atoms with Gasteiger partial charge in [-0.15, -0.1) is 0 Å². The molecule has 1 saturated heterocycles. The second kappa shape index (κ2) is 7.40. The number of amides is 1. The number of aliphatic hydroxyl groups is 1. The molecule has 7 nitrogen and oxygen atoms in total. The quantitative estimate of drug-likeness (QED) is 0.549. The third kappa shape index (κ3) is 4.30. The summed E-state index contributed by atoms with van der Waals surface area (Å²) < 4.78 is 4.88. The van der Waals surface area contributed by atoms with Gasteiger partial charge in [0.05, 0.1) is 6.61 Å². The van der Waals surface area contributed by atoms with Gasteiger partial charge in [-0.3, -0.25) is 4.79 Å². The Kier molecular flexibility index (Phi) is 6.11. The highest BCUT2D eigenvalue weighted by Crippen LogP contribution is 2.26. The molecule has 1 unspecified atom stereocenters. The van der Waals surface area contributed by atoms with E-state index in [-0.39, 0.29) is 6.61 Å². The Morgan fingerprint density at radius 1 is 1.41 bits per heavy atom. The third-order valence-corrected chi connectivity index (χ3v) is 3.80. The Labute approximate surface area is 129 Å². The van der Waals surface area contributed by atoms with Crippen molar-refractivity contribution in [2.24, 2.45) is 5.41 Å². The number of aliphatic carboxylic acids is 1. The van der Waals surface area contributed by atoms with Gasteiger partial charge in [0.15, 0.2) is 0 Å². The summed E-state index contributed by atoms with van der Waals surface area (Å²) in [6.07, 6.45) is 1.35. The van der Waals surface area contributed by atoms with Crippen LogP contribution in [-0.2, 0) is 19.1 Å². The zero-order valence-corrected chi connectivity index (χ0v) is 12.9. The molecule has 1 amide bonds. The first-order chi connectivity index (χ1) is 10.2. The summed E-state index contributed by atoms with van der Waals surface area (Å²) in [7, 11) is 0. The van der Waals surface area contributed by atoms with E-state index >= 15 is 0 Å². The molecule has 0 saturated carbocycles. The van der Waals surface area contributed by atoms with E-state index in [2.05, 4.69) is 6.58 Å². The van der Waals surface area contributed by atoms with E-state index < -0.39 is 35.4 Å². The number of esters is 1. The van der Waals surface area contributed by atoms with Crippen molar-refractivity contribution in [1.82, 2.24) is 4.90 Å². The molecule has 1 fully saturated rings. The molecule has 0 aromatic carbocycles. The van der Waals surface area contributed by atoms with Crippen LogP contribution < -0.4 is 0 Å². The molecule has 0 aromatic rings. The predicted octanol–water partition coefficient (Wildman–Crippen LogP) is 0.568. The van der Waals surface area contributed by atoms with Gasteiger partial charge in [0, 0.05) is 18.0 Å². The molecule has 0 radical (unpaired) electrons. The lowest BCUT2D eigenvalue weighted by atomic mass is 9.85. The second-order valence-corrected chi connectivity index (χ2v) is 6.08. The van der Waals surface area contributed by atoms with Crippen LogP contribution in [0.25, 0.3) is 0 Å². The van der Waals surface area contributed by atoms with Crippen LogP contribution in [0.15, 0.2) is 12.7 Å². The molecule has 0 spiro atoms. The highest BCUT2D eigenvalue weighted by Gasteiger charge is 2.41. The first-order valence-electron chi connectivity index (χ1n) is 7.21. The SMILES string of the molecule is C=CC(=O)OCC(C)(C)C(O)C(=O)N1CCCC[C@H]1C(=O)O. The van der Waals surface area contributed by atoms with Crippen LogP contribution in [0.2, 0.25) is 0 Å². The molecule has 22 heavy (non-hydrogen) atoms. The summed E-state index contributed by atoms with van der Waals surface area (Å²) in [6, 6.07) is -0.914. The van der Waals surface area contributed by atoms with Gasteiger partial charge in [0.1, 0.15) is 12.1 Å². The van der Waals surface area contributed by atoms with Gasteiger partial charge in [-0.05, 0) is 19.3 Å². The molecule has 0 aliphatic carbocycles. The lowest BCUT2D eigenvalue weighted by molar-refractivity contribution is -0.163. The number of likely N-dealkylation sites (tertiary alicyclic amines) is 1. The Balaban J connectivity index is 2.78. The van der Waals surface area contributed by atoms with E-state index in [9.17, 15) is 24.6 Å². The van der Waals surface area contributed by atoms with Gasteiger partial charge in [0.25, 0.3) is 5.91 Å². The number of carbonyl (C=O) groups is 3. The first-order valence-corrected chi connectivity index (χ1v) is 7.21. The van der Waals surface area contributed by atoms with Crippen molar-refractivity contribution in [3.05, 3.63) is 12.7 Å². The molecular formula is C15H23NO6. The highest BCUT2D eigenvalue weighted by atomic mass is 16.5. The lowest BCUT2D eigenvalue weighted by Gasteiger charge is -2.38. The van der Waals surface area contributed by atoms with E-state index in [1.807, 2.05) is 0 Å². The minimum absolute atomic E-state index is 0.170. The van der Waals surface area contributed by atoms with Crippen molar-refractivity contribution < 1.29 is 29.3 Å². The van der Waals surface area contributed by atoms with Crippen LogP contribution in [0, 0.1) is 5.41 Å².